The Morgan fingerprint density at radius 1 is 1.30 bits per heavy atom. The van der Waals surface area contributed by atoms with Crippen LogP contribution in [-0.4, -0.2) is 65.9 Å². The van der Waals surface area contributed by atoms with Crippen molar-refractivity contribution in [3.63, 3.8) is 0 Å². The number of rotatable bonds is 5. The molecule has 114 valence electrons. The maximum atomic E-state index is 4.53. The minimum absolute atomic E-state index is 0.589. The van der Waals surface area contributed by atoms with Gasteiger partial charge in [-0.25, -0.2) is 0 Å². The third kappa shape index (κ3) is 3.61. The monoisotopic (exact) mass is 343 g/mol. The van der Waals surface area contributed by atoms with Gasteiger partial charge in [0, 0.05) is 45.8 Å². The van der Waals surface area contributed by atoms with Crippen molar-refractivity contribution in [3.05, 3.63) is 15.9 Å². The fourth-order valence-corrected chi connectivity index (χ4v) is 3.45. The van der Waals surface area contributed by atoms with E-state index in [-0.39, 0.29) is 0 Å². The van der Waals surface area contributed by atoms with Crippen LogP contribution in [0.25, 0.3) is 0 Å². The normalized spacial score (nSPS) is 21.6. The van der Waals surface area contributed by atoms with Gasteiger partial charge in [-0.1, -0.05) is 6.92 Å². The molecule has 0 aliphatic carbocycles. The van der Waals surface area contributed by atoms with Crippen LogP contribution >= 0.6 is 15.9 Å². The molecule has 2 rings (SSSR count). The number of halogens is 1. The van der Waals surface area contributed by atoms with Gasteiger partial charge in [-0.2, -0.15) is 5.10 Å². The van der Waals surface area contributed by atoms with Crippen LogP contribution in [0.5, 0.6) is 0 Å². The highest BCUT2D eigenvalue weighted by molar-refractivity contribution is 9.10. The second-order valence-electron chi connectivity index (χ2n) is 5.71. The number of nitrogens with one attached hydrogen (secondary N) is 1. The van der Waals surface area contributed by atoms with Crippen LogP contribution in [0.15, 0.2) is 4.47 Å². The Kier molecular flexibility index (Phi) is 5.60. The van der Waals surface area contributed by atoms with E-state index in [2.05, 4.69) is 57.2 Å². The zero-order valence-corrected chi connectivity index (χ0v) is 14.6. The lowest BCUT2D eigenvalue weighted by Crippen LogP contribution is -2.53. The van der Waals surface area contributed by atoms with E-state index in [0.717, 1.165) is 42.8 Å². The predicted molar refractivity (Wildman–Crippen MR) is 85.9 cm³/mol. The molecule has 0 aromatic carbocycles. The standard InChI is InChI=1S/C14H26BrN5/c1-5-12-14(15)13(20(4)17-12)9-16-8-11-10-18(2)6-7-19(11)3/h11,16H,5-10H2,1-4H3. The van der Waals surface area contributed by atoms with E-state index in [1.54, 1.807) is 0 Å². The lowest BCUT2D eigenvalue weighted by Gasteiger charge is -2.37. The third-order valence-electron chi connectivity index (χ3n) is 4.16. The molecule has 5 nitrogen and oxygen atoms in total. The van der Waals surface area contributed by atoms with Crippen molar-refractivity contribution in [1.82, 2.24) is 24.9 Å². The molecule has 1 N–H and O–H groups in total. The number of likely N-dealkylation sites (N-methyl/N-ethyl adjacent to an activating group) is 2. The fourth-order valence-electron chi connectivity index (χ4n) is 2.69. The second-order valence-corrected chi connectivity index (χ2v) is 6.51. The van der Waals surface area contributed by atoms with Crippen LogP contribution in [0.4, 0.5) is 0 Å². The Hall–Kier alpha value is -0.430. The largest absolute Gasteiger partial charge is 0.310 e. The van der Waals surface area contributed by atoms with Gasteiger partial charge in [0.1, 0.15) is 0 Å². The number of nitrogens with zero attached hydrogens (tertiary/aromatic N) is 4. The van der Waals surface area contributed by atoms with E-state index in [9.17, 15) is 0 Å². The Balaban J connectivity index is 1.88. The smallest absolute Gasteiger partial charge is 0.0767 e. The molecule has 1 aromatic rings. The first kappa shape index (κ1) is 15.9. The highest BCUT2D eigenvalue weighted by Crippen LogP contribution is 2.21. The van der Waals surface area contributed by atoms with Crippen LogP contribution < -0.4 is 5.32 Å². The summed E-state index contributed by atoms with van der Waals surface area (Å²) in [6.07, 6.45) is 0.963. The van der Waals surface area contributed by atoms with Crippen LogP contribution in [0, 0.1) is 0 Å². The molecule has 0 spiro atoms. The molecular formula is C14H26BrN5. The molecule has 0 radical (unpaired) electrons. The molecule has 1 atom stereocenters. The lowest BCUT2D eigenvalue weighted by atomic mass is 10.2. The summed E-state index contributed by atoms with van der Waals surface area (Å²) in [5, 5.41) is 8.11. The van der Waals surface area contributed by atoms with Gasteiger partial charge in [-0.15, -0.1) is 0 Å². The molecule has 1 fully saturated rings. The summed E-state index contributed by atoms with van der Waals surface area (Å²) in [4.78, 5) is 4.85. The first-order valence-electron chi connectivity index (χ1n) is 7.32. The van der Waals surface area contributed by atoms with Crippen LogP contribution in [0.3, 0.4) is 0 Å². The van der Waals surface area contributed by atoms with Gasteiger partial charge in [-0.3, -0.25) is 9.58 Å². The van der Waals surface area contributed by atoms with Gasteiger partial charge >= 0.3 is 0 Å². The zero-order chi connectivity index (χ0) is 14.7. The molecule has 0 bridgehead atoms. The molecule has 20 heavy (non-hydrogen) atoms. The fraction of sp³-hybridized carbons (Fsp3) is 0.786. The van der Waals surface area contributed by atoms with Gasteiger partial charge in [0.05, 0.1) is 15.9 Å². The van der Waals surface area contributed by atoms with Crippen molar-refractivity contribution in [2.75, 3.05) is 40.3 Å². The summed E-state index contributed by atoms with van der Waals surface area (Å²) in [6, 6.07) is 0.589. The summed E-state index contributed by atoms with van der Waals surface area (Å²) in [7, 11) is 6.43. The van der Waals surface area contributed by atoms with Crippen LogP contribution in [0.1, 0.15) is 18.3 Å². The Morgan fingerprint density at radius 3 is 2.70 bits per heavy atom. The topological polar surface area (TPSA) is 36.3 Å². The summed E-state index contributed by atoms with van der Waals surface area (Å²) in [5.41, 5.74) is 2.37. The maximum Gasteiger partial charge on any atom is 0.0767 e. The average Bonchev–Trinajstić information content (AvgIpc) is 2.69. The van der Waals surface area contributed by atoms with E-state index >= 15 is 0 Å². The van der Waals surface area contributed by atoms with E-state index in [4.69, 9.17) is 0 Å². The molecule has 1 saturated heterocycles. The van der Waals surface area contributed by atoms with E-state index in [0.29, 0.717) is 6.04 Å². The molecule has 1 aliphatic heterocycles. The van der Waals surface area contributed by atoms with E-state index in [1.807, 2.05) is 11.7 Å². The Labute approximate surface area is 130 Å². The van der Waals surface area contributed by atoms with Crippen LogP contribution in [0.2, 0.25) is 0 Å². The van der Waals surface area contributed by atoms with Gasteiger partial charge in [-0.05, 0) is 36.4 Å². The van der Waals surface area contributed by atoms with Crippen molar-refractivity contribution in [1.29, 1.82) is 0 Å². The van der Waals surface area contributed by atoms with E-state index in [1.165, 1.54) is 12.2 Å². The number of aryl methyl sites for hydroxylation is 2. The summed E-state index contributed by atoms with van der Waals surface area (Å²) in [5.74, 6) is 0. The number of hydrogen-bond acceptors (Lipinski definition) is 4. The SMILES string of the molecule is CCc1nn(C)c(CNCC2CN(C)CCN2C)c1Br. The van der Waals surface area contributed by atoms with Crippen molar-refractivity contribution in [3.8, 4) is 0 Å². The van der Waals surface area contributed by atoms with Crippen molar-refractivity contribution in [2.24, 2.45) is 7.05 Å². The van der Waals surface area contributed by atoms with Gasteiger partial charge in [0.15, 0.2) is 0 Å². The van der Waals surface area contributed by atoms with Gasteiger partial charge in [0.25, 0.3) is 0 Å². The Bertz CT molecular complexity index is 445. The molecule has 1 aromatic heterocycles. The molecule has 0 amide bonds. The number of piperazine rings is 1. The van der Waals surface area contributed by atoms with Gasteiger partial charge in [0.2, 0.25) is 0 Å². The number of hydrogen-bond donors (Lipinski definition) is 1. The first-order valence-corrected chi connectivity index (χ1v) is 8.12. The maximum absolute atomic E-state index is 4.53. The van der Waals surface area contributed by atoms with Crippen molar-refractivity contribution < 1.29 is 0 Å². The average molecular weight is 344 g/mol. The van der Waals surface area contributed by atoms with Crippen LogP contribution in [-0.2, 0) is 20.0 Å². The van der Waals surface area contributed by atoms with Crippen molar-refractivity contribution in [2.45, 2.75) is 25.9 Å². The molecule has 0 saturated carbocycles. The minimum Gasteiger partial charge on any atom is -0.310 e. The third-order valence-corrected chi connectivity index (χ3v) is 5.07. The molecule has 1 aliphatic rings. The van der Waals surface area contributed by atoms with Gasteiger partial charge < -0.3 is 10.2 Å². The minimum atomic E-state index is 0.589. The molecule has 6 heteroatoms. The quantitative estimate of drug-likeness (QED) is 0.867. The Morgan fingerprint density at radius 2 is 2.05 bits per heavy atom. The summed E-state index contributed by atoms with van der Waals surface area (Å²) in [6.45, 7) is 7.46. The summed E-state index contributed by atoms with van der Waals surface area (Å²) >= 11 is 3.67. The first-order chi connectivity index (χ1) is 9.52. The van der Waals surface area contributed by atoms with Crippen molar-refractivity contribution >= 4 is 15.9 Å². The number of aromatic nitrogens is 2. The zero-order valence-electron chi connectivity index (χ0n) is 13.0. The molecular weight excluding hydrogens is 318 g/mol. The highest BCUT2D eigenvalue weighted by atomic mass is 79.9. The molecule has 2 heterocycles. The molecule has 1 unspecified atom stereocenters. The highest BCUT2D eigenvalue weighted by Gasteiger charge is 2.22. The van der Waals surface area contributed by atoms with E-state index < -0.39 is 0 Å². The lowest BCUT2D eigenvalue weighted by molar-refractivity contribution is 0.113. The summed E-state index contributed by atoms with van der Waals surface area (Å²) < 4.78 is 3.14. The second kappa shape index (κ2) is 7.02. The predicted octanol–water partition coefficient (Wildman–Crippen LogP) is 1.08.